The van der Waals surface area contributed by atoms with Crippen molar-refractivity contribution in [2.24, 2.45) is 0 Å². The lowest BCUT2D eigenvalue weighted by atomic mass is 10.1. The molecule has 12 nitrogen and oxygen atoms in total. The van der Waals surface area contributed by atoms with E-state index in [0.717, 1.165) is 37.0 Å². The van der Waals surface area contributed by atoms with Crippen LogP contribution in [0.5, 0.6) is 5.75 Å². The van der Waals surface area contributed by atoms with Crippen molar-refractivity contribution in [1.29, 1.82) is 0 Å². The Hall–Kier alpha value is -3.75. The molecule has 0 amide bonds. The summed E-state index contributed by atoms with van der Waals surface area (Å²) in [7, 11) is 3.57. The van der Waals surface area contributed by atoms with Crippen LogP contribution in [0.15, 0.2) is 47.3 Å². The standard InChI is InChI=1S/C27H34BrN9O3S/c1-7-17-14-22(23(40-5)15-21(17)30-12-13-36(2)3)34-27-32-16-18(28)26(35-27)33-20-9-8-19-24(31-11-10-29-19)25(20)37(4)41(6,38)39/h8-11,14-16,30H,7,12-13H2,1-6H3,(H2,32,33,34,35). The second kappa shape index (κ2) is 12.8. The lowest BCUT2D eigenvalue weighted by Gasteiger charge is -2.22. The summed E-state index contributed by atoms with van der Waals surface area (Å²) >= 11 is 3.51. The molecule has 3 N–H and O–H groups in total. The average molecular weight is 645 g/mol. The Kier molecular flexibility index (Phi) is 9.46. The monoisotopic (exact) mass is 643 g/mol. The van der Waals surface area contributed by atoms with Gasteiger partial charge in [0.05, 0.1) is 34.7 Å². The highest BCUT2D eigenvalue weighted by Gasteiger charge is 2.22. The molecule has 0 atom stereocenters. The highest BCUT2D eigenvalue weighted by molar-refractivity contribution is 9.10. The van der Waals surface area contributed by atoms with E-state index in [1.165, 1.54) is 17.5 Å². The largest absolute Gasteiger partial charge is 0.494 e. The number of methoxy groups -OCH3 is 1. The molecule has 0 aliphatic rings. The molecule has 14 heteroatoms. The van der Waals surface area contributed by atoms with Gasteiger partial charge in [0, 0.05) is 50.5 Å². The SMILES string of the molecule is CCc1cc(Nc2ncc(Br)c(Nc3ccc4nccnc4c3N(C)S(C)(=O)=O)n2)c(OC)cc1NCCN(C)C. The summed E-state index contributed by atoms with van der Waals surface area (Å²) in [5.74, 6) is 1.38. The van der Waals surface area contributed by atoms with Gasteiger partial charge in [-0.2, -0.15) is 4.98 Å². The number of likely N-dealkylation sites (N-methyl/N-ethyl adjacent to an activating group) is 1. The van der Waals surface area contributed by atoms with Crippen LogP contribution in [0.25, 0.3) is 11.0 Å². The average Bonchev–Trinajstić information content (AvgIpc) is 2.94. The fraction of sp³-hybridized carbons (Fsp3) is 0.333. The molecule has 2 aromatic heterocycles. The number of aryl methyl sites for hydroxylation is 1. The van der Waals surface area contributed by atoms with Crippen LogP contribution in [0, 0.1) is 0 Å². The van der Waals surface area contributed by atoms with E-state index in [2.05, 4.69) is 63.6 Å². The van der Waals surface area contributed by atoms with E-state index >= 15 is 0 Å². The predicted molar refractivity (Wildman–Crippen MR) is 168 cm³/mol. The molecule has 0 radical (unpaired) electrons. The topological polar surface area (TPSA) is 138 Å². The Bertz CT molecular complexity index is 1650. The van der Waals surface area contributed by atoms with Crippen molar-refractivity contribution in [2.45, 2.75) is 13.3 Å². The second-order valence-corrected chi connectivity index (χ2v) is 12.4. The van der Waals surface area contributed by atoms with Crippen molar-refractivity contribution in [3.05, 3.63) is 52.9 Å². The van der Waals surface area contributed by atoms with Crippen molar-refractivity contribution in [3.63, 3.8) is 0 Å². The number of nitrogens with zero attached hydrogens (tertiary/aromatic N) is 6. The summed E-state index contributed by atoms with van der Waals surface area (Å²) in [6.07, 6.45) is 6.65. The van der Waals surface area contributed by atoms with E-state index in [4.69, 9.17) is 4.74 Å². The van der Waals surface area contributed by atoms with E-state index in [1.54, 1.807) is 31.6 Å². The number of ether oxygens (including phenoxy) is 1. The van der Waals surface area contributed by atoms with Crippen LogP contribution in [0.3, 0.4) is 0 Å². The van der Waals surface area contributed by atoms with E-state index in [9.17, 15) is 8.42 Å². The third-order valence-electron chi connectivity index (χ3n) is 6.35. The zero-order valence-corrected chi connectivity index (χ0v) is 26.3. The molecule has 41 heavy (non-hydrogen) atoms. The minimum absolute atomic E-state index is 0.322. The maximum absolute atomic E-state index is 12.5. The molecule has 0 spiro atoms. The molecule has 4 rings (SSSR count). The number of halogens is 1. The van der Waals surface area contributed by atoms with Crippen LogP contribution >= 0.6 is 15.9 Å². The molecule has 0 aliphatic carbocycles. The number of hydrogen-bond acceptors (Lipinski definition) is 11. The summed E-state index contributed by atoms with van der Waals surface area (Å²) in [5.41, 5.74) is 4.68. The Labute approximate surface area is 248 Å². The molecule has 0 saturated heterocycles. The molecule has 2 aromatic carbocycles. The van der Waals surface area contributed by atoms with Crippen LogP contribution < -0.4 is 25.0 Å². The van der Waals surface area contributed by atoms with E-state index in [1.807, 2.05) is 26.2 Å². The van der Waals surface area contributed by atoms with Gasteiger partial charge in [-0.25, -0.2) is 13.4 Å². The van der Waals surface area contributed by atoms with Gasteiger partial charge in [0.1, 0.15) is 22.8 Å². The van der Waals surface area contributed by atoms with E-state index in [-0.39, 0.29) is 0 Å². The summed E-state index contributed by atoms with van der Waals surface area (Å²) in [5, 5.41) is 10.0. The molecule has 0 unspecified atom stereocenters. The molecule has 0 bridgehead atoms. The molecule has 0 saturated carbocycles. The summed E-state index contributed by atoms with van der Waals surface area (Å²) in [4.78, 5) is 19.9. The Balaban J connectivity index is 1.68. The third-order valence-corrected chi connectivity index (χ3v) is 8.11. The quantitative estimate of drug-likeness (QED) is 0.199. The van der Waals surface area contributed by atoms with Crippen molar-refractivity contribution >= 4 is 71.5 Å². The molecule has 2 heterocycles. The highest BCUT2D eigenvalue weighted by atomic mass is 79.9. The van der Waals surface area contributed by atoms with Crippen LogP contribution in [0.2, 0.25) is 0 Å². The molecule has 0 aliphatic heterocycles. The van der Waals surface area contributed by atoms with Gasteiger partial charge < -0.3 is 25.6 Å². The first-order valence-electron chi connectivity index (χ1n) is 12.9. The van der Waals surface area contributed by atoms with Gasteiger partial charge in [-0.15, -0.1) is 0 Å². The van der Waals surface area contributed by atoms with Crippen molar-refractivity contribution in [3.8, 4) is 5.75 Å². The maximum Gasteiger partial charge on any atom is 0.232 e. The molecule has 0 fully saturated rings. The van der Waals surface area contributed by atoms with E-state index < -0.39 is 10.0 Å². The molecule has 218 valence electrons. The summed E-state index contributed by atoms with van der Waals surface area (Å²) in [6, 6.07) is 7.51. The first-order valence-corrected chi connectivity index (χ1v) is 15.5. The van der Waals surface area contributed by atoms with E-state index in [0.29, 0.717) is 50.1 Å². The van der Waals surface area contributed by atoms with Gasteiger partial charge >= 0.3 is 0 Å². The van der Waals surface area contributed by atoms with Gasteiger partial charge in [-0.3, -0.25) is 14.3 Å². The number of rotatable bonds is 12. The smallest absolute Gasteiger partial charge is 0.232 e. The van der Waals surface area contributed by atoms with Crippen molar-refractivity contribution in [1.82, 2.24) is 24.8 Å². The minimum atomic E-state index is -3.60. The lowest BCUT2D eigenvalue weighted by Crippen LogP contribution is -2.26. The van der Waals surface area contributed by atoms with Gasteiger partial charge in [0.25, 0.3) is 0 Å². The van der Waals surface area contributed by atoms with Gasteiger partial charge in [-0.1, -0.05) is 6.92 Å². The highest BCUT2D eigenvalue weighted by Crippen LogP contribution is 2.37. The Morgan fingerprint density at radius 2 is 1.76 bits per heavy atom. The number of nitrogens with one attached hydrogen (secondary N) is 3. The minimum Gasteiger partial charge on any atom is -0.494 e. The van der Waals surface area contributed by atoms with Crippen molar-refractivity contribution < 1.29 is 13.2 Å². The number of fused-ring (bicyclic) bond motifs is 1. The van der Waals surface area contributed by atoms with Gasteiger partial charge in [-0.05, 0) is 60.2 Å². The number of sulfonamides is 1. The lowest BCUT2D eigenvalue weighted by molar-refractivity contribution is 0.416. The number of aromatic nitrogens is 4. The zero-order valence-electron chi connectivity index (χ0n) is 23.9. The fourth-order valence-electron chi connectivity index (χ4n) is 4.13. The molecule has 4 aromatic rings. The number of benzene rings is 2. The fourth-order valence-corrected chi connectivity index (χ4v) is 4.94. The second-order valence-electron chi connectivity index (χ2n) is 9.55. The first-order chi connectivity index (χ1) is 19.5. The van der Waals surface area contributed by atoms with Gasteiger partial charge in [0.2, 0.25) is 16.0 Å². The third kappa shape index (κ3) is 7.13. The molecular weight excluding hydrogens is 610 g/mol. The zero-order chi connectivity index (χ0) is 29.7. The first kappa shape index (κ1) is 30.2. The van der Waals surface area contributed by atoms with Gasteiger partial charge in [0.15, 0.2) is 0 Å². The summed E-state index contributed by atoms with van der Waals surface area (Å²) < 4.78 is 32.5. The van der Waals surface area contributed by atoms with Crippen LogP contribution in [0.1, 0.15) is 12.5 Å². The number of anilines is 6. The van der Waals surface area contributed by atoms with Crippen LogP contribution in [0.4, 0.5) is 34.5 Å². The predicted octanol–water partition coefficient (Wildman–Crippen LogP) is 4.61. The Morgan fingerprint density at radius 3 is 2.44 bits per heavy atom. The Morgan fingerprint density at radius 1 is 1.00 bits per heavy atom. The molecular formula is C27H34BrN9O3S. The van der Waals surface area contributed by atoms with Crippen molar-refractivity contribution in [2.75, 3.05) is 67.9 Å². The summed E-state index contributed by atoms with van der Waals surface area (Å²) in [6.45, 7) is 3.80. The van der Waals surface area contributed by atoms with Crippen LogP contribution in [-0.2, 0) is 16.4 Å². The van der Waals surface area contributed by atoms with Crippen LogP contribution in [-0.4, -0.2) is 80.9 Å². The normalized spacial score (nSPS) is 11.5. The maximum atomic E-state index is 12.5. The number of hydrogen-bond donors (Lipinski definition) is 3.